The minimum atomic E-state index is -0.498. The molecule has 0 aliphatic carbocycles. The van der Waals surface area contributed by atoms with Gasteiger partial charge in [0.25, 0.3) is 5.69 Å². The number of methoxy groups -OCH3 is 1. The highest BCUT2D eigenvalue weighted by Gasteiger charge is 2.08. The number of hydrogen-bond acceptors (Lipinski definition) is 4. The molecule has 0 heterocycles. The van der Waals surface area contributed by atoms with E-state index in [0.717, 1.165) is 11.3 Å². The summed E-state index contributed by atoms with van der Waals surface area (Å²) >= 11 is 0. The van der Waals surface area contributed by atoms with Gasteiger partial charge in [-0.25, -0.2) is 0 Å². The van der Waals surface area contributed by atoms with Gasteiger partial charge < -0.3 is 9.84 Å². The fourth-order valence-electron chi connectivity index (χ4n) is 1.72. The van der Waals surface area contributed by atoms with Gasteiger partial charge in [0.2, 0.25) is 0 Å². The highest BCUT2D eigenvalue weighted by Crippen LogP contribution is 2.25. The third-order valence-corrected chi connectivity index (χ3v) is 2.77. The molecule has 0 saturated heterocycles. The first-order valence-electron chi connectivity index (χ1n) is 5.89. The van der Waals surface area contributed by atoms with Crippen molar-refractivity contribution >= 4 is 17.8 Å². The van der Waals surface area contributed by atoms with Crippen molar-refractivity contribution in [3.63, 3.8) is 0 Å². The molecule has 20 heavy (non-hydrogen) atoms. The van der Waals surface area contributed by atoms with Crippen LogP contribution in [0.4, 0.5) is 5.69 Å². The Hall–Kier alpha value is -2.82. The number of hydrogen-bond donors (Lipinski definition) is 1. The maximum atomic E-state index is 10.7. The second-order valence-corrected chi connectivity index (χ2v) is 4.11. The second-order valence-electron chi connectivity index (χ2n) is 4.11. The van der Waals surface area contributed by atoms with Crippen molar-refractivity contribution in [2.45, 2.75) is 0 Å². The molecule has 0 aliphatic rings. The third kappa shape index (κ3) is 3.14. The largest absolute Gasteiger partial charge is 0.507 e. The standard InChI is InChI=1S/C15H13NO4/c1-20-14-4-2-3-11(9-14)5-6-12-10-13(16(18)19)7-8-15(12)17/h2-10,17H,1H3/b6-5+. The van der Waals surface area contributed by atoms with Crippen LogP contribution in [-0.4, -0.2) is 17.1 Å². The van der Waals surface area contributed by atoms with Gasteiger partial charge in [0.15, 0.2) is 0 Å². The fourth-order valence-corrected chi connectivity index (χ4v) is 1.72. The van der Waals surface area contributed by atoms with Crippen LogP contribution in [0.1, 0.15) is 11.1 Å². The summed E-state index contributed by atoms with van der Waals surface area (Å²) in [6, 6.07) is 11.2. The highest BCUT2D eigenvalue weighted by atomic mass is 16.6. The molecular weight excluding hydrogens is 258 g/mol. The lowest BCUT2D eigenvalue weighted by Crippen LogP contribution is -1.88. The molecule has 0 bridgehead atoms. The lowest BCUT2D eigenvalue weighted by Gasteiger charge is -2.01. The van der Waals surface area contributed by atoms with Gasteiger partial charge in [-0.2, -0.15) is 0 Å². The van der Waals surface area contributed by atoms with Crippen molar-refractivity contribution in [2.24, 2.45) is 0 Å². The summed E-state index contributed by atoms with van der Waals surface area (Å²) in [7, 11) is 1.58. The number of nitro groups is 1. The first kappa shape index (κ1) is 13.6. The molecule has 0 atom stereocenters. The van der Waals surface area contributed by atoms with Crippen molar-refractivity contribution < 1.29 is 14.8 Å². The number of ether oxygens (including phenoxy) is 1. The quantitative estimate of drug-likeness (QED) is 0.525. The maximum Gasteiger partial charge on any atom is 0.270 e. The molecule has 0 amide bonds. The summed E-state index contributed by atoms with van der Waals surface area (Å²) < 4.78 is 5.11. The van der Waals surface area contributed by atoms with Crippen molar-refractivity contribution in [3.05, 3.63) is 63.7 Å². The summed E-state index contributed by atoms with van der Waals surface area (Å²) in [4.78, 5) is 10.2. The Labute approximate surface area is 115 Å². The van der Waals surface area contributed by atoms with E-state index in [1.165, 1.54) is 18.2 Å². The van der Waals surface area contributed by atoms with Crippen molar-refractivity contribution in [1.29, 1.82) is 0 Å². The molecule has 0 fully saturated rings. The van der Waals surface area contributed by atoms with Crippen LogP contribution in [-0.2, 0) is 0 Å². The molecule has 0 aliphatic heterocycles. The first-order chi connectivity index (χ1) is 9.60. The van der Waals surface area contributed by atoms with E-state index in [0.29, 0.717) is 5.56 Å². The molecule has 0 spiro atoms. The van der Waals surface area contributed by atoms with Crippen molar-refractivity contribution in [3.8, 4) is 11.5 Å². The van der Waals surface area contributed by atoms with Gasteiger partial charge in [0, 0.05) is 17.7 Å². The van der Waals surface area contributed by atoms with E-state index in [2.05, 4.69) is 0 Å². The Morgan fingerprint density at radius 2 is 2.00 bits per heavy atom. The molecule has 0 unspecified atom stereocenters. The van der Waals surface area contributed by atoms with E-state index in [1.807, 2.05) is 24.3 Å². The molecule has 0 aromatic heterocycles. The maximum absolute atomic E-state index is 10.7. The van der Waals surface area contributed by atoms with E-state index in [-0.39, 0.29) is 11.4 Å². The van der Waals surface area contributed by atoms with Crippen LogP contribution in [0.5, 0.6) is 11.5 Å². The zero-order chi connectivity index (χ0) is 14.5. The fraction of sp³-hybridized carbons (Fsp3) is 0.0667. The summed E-state index contributed by atoms with van der Waals surface area (Å²) in [6.07, 6.45) is 3.37. The van der Waals surface area contributed by atoms with Gasteiger partial charge in [0.05, 0.1) is 12.0 Å². The van der Waals surface area contributed by atoms with Crippen molar-refractivity contribution in [1.82, 2.24) is 0 Å². The summed E-state index contributed by atoms with van der Waals surface area (Å²) in [5.74, 6) is 0.713. The molecule has 0 saturated carbocycles. The van der Waals surface area contributed by atoms with Crippen LogP contribution in [0.25, 0.3) is 12.2 Å². The minimum absolute atomic E-state index is 0.00486. The lowest BCUT2D eigenvalue weighted by molar-refractivity contribution is -0.384. The molecular formula is C15H13NO4. The summed E-state index contributed by atoms with van der Waals surface area (Å²) in [6.45, 7) is 0. The monoisotopic (exact) mass is 271 g/mol. The predicted octanol–water partition coefficient (Wildman–Crippen LogP) is 3.48. The molecule has 102 valence electrons. The number of phenols is 1. The summed E-state index contributed by atoms with van der Waals surface area (Å²) in [5.41, 5.74) is 1.20. The summed E-state index contributed by atoms with van der Waals surface area (Å²) in [5, 5.41) is 20.4. The Morgan fingerprint density at radius 3 is 2.70 bits per heavy atom. The minimum Gasteiger partial charge on any atom is -0.507 e. The first-order valence-corrected chi connectivity index (χ1v) is 5.89. The van der Waals surface area contributed by atoms with Gasteiger partial charge in [-0.15, -0.1) is 0 Å². The Bertz CT molecular complexity index is 665. The zero-order valence-electron chi connectivity index (χ0n) is 10.8. The Kier molecular flexibility index (Phi) is 4.00. The van der Waals surface area contributed by atoms with Crippen LogP contribution >= 0.6 is 0 Å². The number of aromatic hydroxyl groups is 1. The number of nitrogens with zero attached hydrogens (tertiary/aromatic N) is 1. The molecule has 2 aromatic carbocycles. The highest BCUT2D eigenvalue weighted by molar-refractivity contribution is 5.74. The number of nitro benzene ring substituents is 1. The molecule has 5 nitrogen and oxygen atoms in total. The van der Waals surface area contributed by atoms with Gasteiger partial charge in [0.1, 0.15) is 11.5 Å². The molecule has 2 rings (SSSR count). The zero-order valence-corrected chi connectivity index (χ0v) is 10.8. The molecule has 0 radical (unpaired) electrons. The number of phenolic OH excluding ortho intramolecular Hbond substituents is 1. The van der Waals surface area contributed by atoms with E-state index < -0.39 is 4.92 Å². The van der Waals surface area contributed by atoms with Gasteiger partial charge >= 0.3 is 0 Å². The molecule has 5 heteroatoms. The predicted molar refractivity (Wildman–Crippen MR) is 76.7 cm³/mol. The normalized spacial score (nSPS) is 10.7. The second kappa shape index (κ2) is 5.88. The number of rotatable bonds is 4. The van der Waals surface area contributed by atoms with Gasteiger partial charge in [-0.05, 0) is 23.8 Å². The van der Waals surface area contributed by atoms with Crippen LogP contribution in [0.3, 0.4) is 0 Å². The average molecular weight is 271 g/mol. The topological polar surface area (TPSA) is 72.6 Å². The Balaban J connectivity index is 2.30. The molecule has 2 aromatic rings. The number of non-ortho nitro benzene ring substituents is 1. The third-order valence-electron chi connectivity index (χ3n) is 2.77. The van der Waals surface area contributed by atoms with Crippen LogP contribution < -0.4 is 4.74 Å². The van der Waals surface area contributed by atoms with Gasteiger partial charge in [-0.3, -0.25) is 10.1 Å². The van der Waals surface area contributed by atoms with Crippen LogP contribution in [0.2, 0.25) is 0 Å². The van der Waals surface area contributed by atoms with Crippen LogP contribution in [0, 0.1) is 10.1 Å². The average Bonchev–Trinajstić information content (AvgIpc) is 2.46. The van der Waals surface area contributed by atoms with Crippen molar-refractivity contribution in [2.75, 3.05) is 7.11 Å². The van der Waals surface area contributed by atoms with E-state index >= 15 is 0 Å². The molecule has 1 N–H and O–H groups in total. The van der Waals surface area contributed by atoms with E-state index in [4.69, 9.17) is 4.74 Å². The Morgan fingerprint density at radius 1 is 1.20 bits per heavy atom. The van der Waals surface area contributed by atoms with Crippen LogP contribution in [0.15, 0.2) is 42.5 Å². The number of benzene rings is 2. The SMILES string of the molecule is COc1cccc(/C=C/c2cc([N+](=O)[O-])ccc2O)c1. The van der Waals surface area contributed by atoms with Gasteiger partial charge in [-0.1, -0.05) is 24.3 Å². The smallest absolute Gasteiger partial charge is 0.270 e. The van der Waals surface area contributed by atoms with E-state index in [1.54, 1.807) is 19.3 Å². The van der Waals surface area contributed by atoms with E-state index in [9.17, 15) is 15.2 Å². The lowest BCUT2D eigenvalue weighted by atomic mass is 10.1.